The smallest absolute Gasteiger partial charge is 0.223 e. The topological polar surface area (TPSA) is 44.8 Å². The van der Waals surface area contributed by atoms with Crippen LogP contribution in [-0.4, -0.2) is 74.2 Å². The molecule has 3 rings (SSSR count). The number of hydrogen-bond acceptors (Lipinski definition) is 4. The number of halogens is 2. The molecule has 7 heteroatoms. The summed E-state index contributed by atoms with van der Waals surface area (Å²) in [6, 6.07) is 0.431. The van der Waals surface area contributed by atoms with Gasteiger partial charge in [-0.2, -0.15) is 0 Å². The normalized spacial score (nSPS) is 26.6. The minimum Gasteiger partial charge on any atom is -0.379 e. The maximum atomic E-state index is 12.8. The second-order valence-electron chi connectivity index (χ2n) is 7.57. The van der Waals surface area contributed by atoms with Gasteiger partial charge in [0.2, 0.25) is 5.91 Å². The van der Waals surface area contributed by atoms with Crippen LogP contribution in [0.3, 0.4) is 0 Å². The quantitative estimate of drug-likeness (QED) is 0.774. The summed E-state index contributed by atoms with van der Waals surface area (Å²) in [5.41, 5.74) is 0. The molecule has 0 aromatic carbocycles. The Bertz CT molecular complexity index is 389. The Morgan fingerprint density at radius 1 is 1.12 bits per heavy atom. The number of amides is 1. The van der Waals surface area contributed by atoms with Gasteiger partial charge < -0.3 is 15.0 Å². The molecule has 25 heavy (non-hydrogen) atoms. The molecule has 0 aromatic heterocycles. The third-order valence-corrected chi connectivity index (χ3v) is 5.96. The Hall–Kier alpha value is -0.0700. The van der Waals surface area contributed by atoms with Gasteiger partial charge in [-0.25, -0.2) is 0 Å². The third-order valence-electron chi connectivity index (χ3n) is 5.96. The van der Waals surface area contributed by atoms with Gasteiger partial charge >= 0.3 is 0 Å². The number of piperidine rings is 1. The highest BCUT2D eigenvalue weighted by atomic mass is 35.5. The van der Waals surface area contributed by atoms with E-state index in [1.807, 2.05) is 0 Å². The van der Waals surface area contributed by atoms with E-state index in [1.54, 1.807) is 0 Å². The molecule has 3 saturated heterocycles. The van der Waals surface area contributed by atoms with E-state index in [0.29, 0.717) is 17.9 Å². The van der Waals surface area contributed by atoms with Gasteiger partial charge in [-0.15, -0.1) is 24.8 Å². The summed E-state index contributed by atoms with van der Waals surface area (Å²) in [5, 5.41) is 3.42. The Morgan fingerprint density at radius 3 is 2.48 bits per heavy atom. The minimum atomic E-state index is 0. The van der Waals surface area contributed by atoms with Crippen LogP contribution >= 0.6 is 24.8 Å². The molecular weight excluding hydrogens is 361 g/mol. The highest BCUT2D eigenvalue weighted by Crippen LogP contribution is 2.27. The number of carbonyl (C=O) groups excluding carboxylic acids is 1. The summed E-state index contributed by atoms with van der Waals surface area (Å²) in [5.74, 6) is 1.64. The van der Waals surface area contributed by atoms with Crippen LogP contribution in [-0.2, 0) is 9.53 Å². The van der Waals surface area contributed by atoms with Crippen molar-refractivity contribution < 1.29 is 9.53 Å². The lowest BCUT2D eigenvalue weighted by Crippen LogP contribution is -2.47. The SMILES string of the molecule is CC(CC(=O)N1CCCC1CN1CCOCC1)C1CCNCC1.Cl.Cl. The molecule has 0 aliphatic carbocycles. The lowest BCUT2D eigenvalue weighted by atomic mass is 9.84. The van der Waals surface area contributed by atoms with Crippen LogP contribution in [0.2, 0.25) is 0 Å². The van der Waals surface area contributed by atoms with Gasteiger partial charge in [0.25, 0.3) is 0 Å². The maximum absolute atomic E-state index is 12.8. The Kier molecular flexibility index (Phi) is 10.7. The van der Waals surface area contributed by atoms with Crippen LogP contribution in [0.1, 0.15) is 39.0 Å². The first-order chi connectivity index (χ1) is 11.2. The van der Waals surface area contributed by atoms with Gasteiger partial charge in [-0.1, -0.05) is 6.92 Å². The maximum Gasteiger partial charge on any atom is 0.223 e. The molecule has 0 aromatic rings. The molecule has 0 radical (unpaired) electrons. The average Bonchev–Trinajstić information content (AvgIpc) is 3.05. The first kappa shape index (κ1) is 23.0. The largest absolute Gasteiger partial charge is 0.379 e. The minimum absolute atomic E-state index is 0. The van der Waals surface area contributed by atoms with E-state index < -0.39 is 0 Å². The third kappa shape index (κ3) is 6.55. The lowest BCUT2D eigenvalue weighted by molar-refractivity contribution is -0.133. The summed E-state index contributed by atoms with van der Waals surface area (Å²) in [6.07, 6.45) is 5.54. The first-order valence-electron chi connectivity index (χ1n) is 9.54. The van der Waals surface area contributed by atoms with E-state index in [2.05, 4.69) is 22.0 Å². The van der Waals surface area contributed by atoms with Crippen molar-refractivity contribution in [3.63, 3.8) is 0 Å². The molecule has 0 spiro atoms. The Morgan fingerprint density at radius 2 is 1.80 bits per heavy atom. The Labute approximate surface area is 165 Å². The molecule has 1 amide bonds. The predicted molar refractivity (Wildman–Crippen MR) is 106 cm³/mol. The molecule has 5 nitrogen and oxygen atoms in total. The number of morpholine rings is 1. The second-order valence-corrected chi connectivity index (χ2v) is 7.57. The summed E-state index contributed by atoms with van der Waals surface area (Å²) >= 11 is 0. The molecular formula is C18H35Cl2N3O2. The van der Waals surface area contributed by atoms with Crippen molar-refractivity contribution in [3.05, 3.63) is 0 Å². The monoisotopic (exact) mass is 395 g/mol. The number of rotatable bonds is 5. The van der Waals surface area contributed by atoms with Gasteiger partial charge in [-0.05, 0) is 50.6 Å². The van der Waals surface area contributed by atoms with Crippen LogP contribution in [0.25, 0.3) is 0 Å². The van der Waals surface area contributed by atoms with Gasteiger partial charge in [0.1, 0.15) is 0 Å². The highest BCUT2D eigenvalue weighted by Gasteiger charge is 2.32. The molecule has 3 aliphatic heterocycles. The zero-order chi connectivity index (χ0) is 16.1. The zero-order valence-corrected chi connectivity index (χ0v) is 17.1. The Balaban J connectivity index is 0.00000156. The lowest BCUT2D eigenvalue weighted by Gasteiger charge is -2.34. The number of carbonyl (C=O) groups is 1. The van der Waals surface area contributed by atoms with E-state index in [4.69, 9.17) is 4.74 Å². The summed E-state index contributed by atoms with van der Waals surface area (Å²) in [6.45, 7) is 10.2. The number of likely N-dealkylation sites (tertiary alicyclic amines) is 1. The number of ether oxygens (including phenoxy) is 1. The van der Waals surface area contributed by atoms with Crippen molar-refractivity contribution in [1.82, 2.24) is 15.1 Å². The number of hydrogen-bond donors (Lipinski definition) is 1. The zero-order valence-electron chi connectivity index (χ0n) is 15.5. The molecule has 148 valence electrons. The molecule has 3 heterocycles. The molecule has 2 atom stereocenters. The molecule has 1 N–H and O–H groups in total. The van der Waals surface area contributed by atoms with Crippen molar-refractivity contribution in [2.75, 3.05) is 52.5 Å². The standard InChI is InChI=1S/C18H33N3O2.2ClH/c1-15(16-4-6-19-7-5-16)13-18(22)21-8-2-3-17(21)14-20-9-11-23-12-10-20;;/h15-17,19H,2-14H2,1H3;2*1H. The fourth-order valence-corrected chi connectivity index (χ4v) is 4.41. The van der Waals surface area contributed by atoms with E-state index in [9.17, 15) is 4.79 Å². The van der Waals surface area contributed by atoms with Crippen LogP contribution in [0.4, 0.5) is 0 Å². The fourth-order valence-electron chi connectivity index (χ4n) is 4.41. The summed E-state index contributed by atoms with van der Waals surface area (Å²) in [7, 11) is 0. The average molecular weight is 396 g/mol. The van der Waals surface area contributed by atoms with E-state index in [0.717, 1.165) is 64.8 Å². The summed E-state index contributed by atoms with van der Waals surface area (Å²) < 4.78 is 5.43. The van der Waals surface area contributed by atoms with E-state index in [-0.39, 0.29) is 24.8 Å². The number of nitrogens with one attached hydrogen (secondary N) is 1. The van der Waals surface area contributed by atoms with Crippen LogP contribution in [0.5, 0.6) is 0 Å². The van der Waals surface area contributed by atoms with Gasteiger partial charge in [-0.3, -0.25) is 9.69 Å². The molecule has 3 fully saturated rings. The van der Waals surface area contributed by atoms with Crippen LogP contribution < -0.4 is 5.32 Å². The van der Waals surface area contributed by atoms with Gasteiger partial charge in [0.15, 0.2) is 0 Å². The van der Waals surface area contributed by atoms with Crippen molar-refractivity contribution >= 4 is 30.7 Å². The molecule has 3 aliphatic rings. The first-order valence-corrected chi connectivity index (χ1v) is 9.54. The molecule has 2 unspecified atom stereocenters. The van der Waals surface area contributed by atoms with E-state index in [1.165, 1.54) is 25.7 Å². The van der Waals surface area contributed by atoms with Crippen LogP contribution in [0, 0.1) is 11.8 Å². The van der Waals surface area contributed by atoms with Crippen molar-refractivity contribution in [3.8, 4) is 0 Å². The highest BCUT2D eigenvalue weighted by molar-refractivity contribution is 5.85. The molecule has 0 saturated carbocycles. The van der Waals surface area contributed by atoms with Crippen LogP contribution in [0.15, 0.2) is 0 Å². The van der Waals surface area contributed by atoms with Gasteiger partial charge in [0, 0.05) is 38.6 Å². The second kappa shape index (κ2) is 11.6. The summed E-state index contributed by atoms with van der Waals surface area (Å²) in [4.78, 5) is 17.5. The fraction of sp³-hybridized carbons (Fsp3) is 0.944. The van der Waals surface area contributed by atoms with Crippen molar-refractivity contribution in [2.24, 2.45) is 11.8 Å². The van der Waals surface area contributed by atoms with Gasteiger partial charge in [0.05, 0.1) is 13.2 Å². The van der Waals surface area contributed by atoms with Crippen molar-refractivity contribution in [2.45, 2.75) is 45.1 Å². The van der Waals surface area contributed by atoms with E-state index >= 15 is 0 Å². The van der Waals surface area contributed by atoms with Crippen molar-refractivity contribution in [1.29, 1.82) is 0 Å². The molecule has 0 bridgehead atoms. The predicted octanol–water partition coefficient (Wildman–Crippen LogP) is 2.18. The number of nitrogens with zero attached hydrogens (tertiary/aromatic N) is 2.